The van der Waals surface area contributed by atoms with Crippen LogP contribution in [-0.2, 0) is 6.54 Å². The molecular formula is C12H18N2O3. The van der Waals surface area contributed by atoms with E-state index in [1.54, 1.807) is 12.1 Å². The van der Waals surface area contributed by atoms with Gasteiger partial charge in [-0.15, -0.1) is 0 Å². The van der Waals surface area contributed by atoms with Crippen LogP contribution in [0.5, 0.6) is 0 Å². The third kappa shape index (κ3) is 4.93. The van der Waals surface area contributed by atoms with Gasteiger partial charge >= 0.3 is 0 Å². The van der Waals surface area contributed by atoms with Crippen LogP contribution < -0.4 is 5.32 Å². The van der Waals surface area contributed by atoms with Crippen LogP contribution in [0.2, 0.25) is 0 Å². The number of benzene rings is 1. The fourth-order valence-corrected chi connectivity index (χ4v) is 1.60. The first-order valence-electron chi connectivity index (χ1n) is 5.75. The van der Waals surface area contributed by atoms with Gasteiger partial charge in [-0.25, -0.2) is 0 Å². The number of non-ortho nitro benzene ring substituents is 1. The van der Waals surface area contributed by atoms with E-state index < -0.39 is 4.92 Å². The molecule has 17 heavy (non-hydrogen) atoms. The second kappa shape index (κ2) is 6.98. The Hall–Kier alpha value is -1.46. The summed E-state index contributed by atoms with van der Waals surface area (Å²) in [7, 11) is 0. The van der Waals surface area contributed by atoms with E-state index in [2.05, 4.69) is 5.32 Å². The number of hydrogen-bond donors (Lipinski definition) is 2. The summed E-state index contributed by atoms with van der Waals surface area (Å²) in [6.45, 7) is 3.06. The highest BCUT2D eigenvalue weighted by Crippen LogP contribution is 2.12. The van der Waals surface area contributed by atoms with Crippen LogP contribution in [0, 0.1) is 10.1 Å². The lowest BCUT2D eigenvalue weighted by atomic mass is 10.2. The Morgan fingerprint density at radius 2 is 2.29 bits per heavy atom. The fourth-order valence-electron chi connectivity index (χ4n) is 1.60. The second-order valence-corrected chi connectivity index (χ2v) is 4.00. The molecule has 0 saturated heterocycles. The zero-order valence-electron chi connectivity index (χ0n) is 9.93. The van der Waals surface area contributed by atoms with Crippen LogP contribution in [0.3, 0.4) is 0 Å². The fraction of sp³-hybridized carbons (Fsp3) is 0.500. The normalized spacial score (nSPS) is 12.4. The van der Waals surface area contributed by atoms with Crippen molar-refractivity contribution in [3.8, 4) is 0 Å². The molecule has 0 bridgehead atoms. The molecule has 0 aliphatic carbocycles. The molecule has 1 rings (SSSR count). The molecule has 0 aliphatic rings. The molecule has 0 amide bonds. The lowest BCUT2D eigenvalue weighted by Gasteiger charge is -2.10. The van der Waals surface area contributed by atoms with Gasteiger partial charge in [-0.05, 0) is 12.0 Å². The molecule has 0 spiro atoms. The minimum Gasteiger partial charge on any atom is -0.392 e. The molecule has 0 fully saturated rings. The maximum Gasteiger partial charge on any atom is 0.269 e. The molecule has 0 saturated carbocycles. The zero-order chi connectivity index (χ0) is 12.7. The summed E-state index contributed by atoms with van der Waals surface area (Å²) in [5, 5.41) is 23.1. The summed E-state index contributed by atoms with van der Waals surface area (Å²) in [5.74, 6) is 0. The number of nitro groups is 1. The van der Waals surface area contributed by atoms with E-state index in [0.717, 1.165) is 18.4 Å². The van der Waals surface area contributed by atoms with Crippen molar-refractivity contribution in [3.05, 3.63) is 39.9 Å². The number of rotatable bonds is 7. The van der Waals surface area contributed by atoms with Gasteiger partial charge in [0.1, 0.15) is 0 Å². The van der Waals surface area contributed by atoms with Crippen molar-refractivity contribution < 1.29 is 10.0 Å². The average molecular weight is 238 g/mol. The zero-order valence-corrected chi connectivity index (χ0v) is 9.93. The monoisotopic (exact) mass is 238 g/mol. The summed E-state index contributed by atoms with van der Waals surface area (Å²) in [6, 6.07) is 6.50. The van der Waals surface area contributed by atoms with E-state index in [4.69, 9.17) is 0 Å². The molecule has 2 N–H and O–H groups in total. The standard InChI is InChI=1S/C12H18N2O3/c1-2-4-12(15)9-13-8-10-5-3-6-11(7-10)14(16)17/h3,5-7,12-13,15H,2,4,8-9H2,1H3. The molecule has 0 radical (unpaired) electrons. The number of hydrogen-bond acceptors (Lipinski definition) is 4. The van der Waals surface area contributed by atoms with Crippen LogP contribution in [-0.4, -0.2) is 22.7 Å². The highest BCUT2D eigenvalue weighted by Gasteiger charge is 2.06. The maximum absolute atomic E-state index is 10.6. The molecule has 0 heterocycles. The molecule has 5 nitrogen and oxygen atoms in total. The number of aliphatic hydroxyl groups excluding tert-OH is 1. The third-order valence-corrected chi connectivity index (χ3v) is 2.45. The first-order valence-corrected chi connectivity index (χ1v) is 5.75. The van der Waals surface area contributed by atoms with Gasteiger partial charge in [0.25, 0.3) is 5.69 Å². The molecule has 1 unspecified atom stereocenters. The quantitative estimate of drug-likeness (QED) is 0.561. The van der Waals surface area contributed by atoms with E-state index in [9.17, 15) is 15.2 Å². The molecule has 0 aliphatic heterocycles. The smallest absolute Gasteiger partial charge is 0.269 e. The van der Waals surface area contributed by atoms with Crippen LogP contribution in [0.25, 0.3) is 0 Å². The van der Waals surface area contributed by atoms with E-state index in [1.807, 2.05) is 13.0 Å². The van der Waals surface area contributed by atoms with Crippen LogP contribution in [0.4, 0.5) is 5.69 Å². The summed E-state index contributed by atoms with van der Waals surface area (Å²) in [4.78, 5) is 10.2. The summed E-state index contributed by atoms with van der Waals surface area (Å²) in [5.41, 5.74) is 0.946. The van der Waals surface area contributed by atoms with Gasteiger partial charge in [0.15, 0.2) is 0 Å². The van der Waals surface area contributed by atoms with Crippen molar-refractivity contribution in [2.75, 3.05) is 6.54 Å². The Balaban J connectivity index is 2.41. The number of nitro benzene ring substituents is 1. The number of aliphatic hydroxyl groups is 1. The average Bonchev–Trinajstić information content (AvgIpc) is 2.30. The van der Waals surface area contributed by atoms with Crippen molar-refractivity contribution in [1.82, 2.24) is 5.32 Å². The largest absolute Gasteiger partial charge is 0.392 e. The van der Waals surface area contributed by atoms with Crippen LogP contribution in [0.15, 0.2) is 24.3 Å². The van der Waals surface area contributed by atoms with Gasteiger partial charge in [0.2, 0.25) is 0 Å². The van der Waals surface area contributed by atoms with Crippen molar-refractivity contribution in [2.24, 2.45) is 0 Å². The van der Waals surface area contributed by atoms with Crippen molar-refractivity contribution >= 4 is 5.69 Å². The van der Waals surface area contributed by atoms with Crippen molar-refractivity contribution in [2.45, 2.75) is 32.4 Å². The van der Waals surface area contributed by atoms with Crippen LogP contribution >= 0.6 is 0 Å². The van der Waals surface area contributed by atoms with E-state index >= 15 is 0 Å². The Labute approximate surface area is 101 Å². The van der Waals surface area contributed by atoms with Crippen molar-refractivity contribution in [3.63, 3.8) is 0 Å². The molecular weight excluding hydrogens is 220 g/mol. The summed E-state index contributed by atoms with van der Waals surface area (Å²) in [6.07, 6.45) is 1.36. The van der Waals surface area contributed by atoms with Gasteiger partial charge in [0, 0.05) is 25.2 Å². The Kier molecular flexibility index (Phi) is 5.59. The lowest BCUT2D eigenvalue weighted by molar-refractivity contribution is -0.384. The molecule has 0 aromatic heterocycles. The molecule has 94 valence electrons. The SMILES string of the molecule is CCCC(O)CNCc1cccc([N+](=O)[O-])c1. The van der Waals surface area contributed by atoms with Gasteiger partial charge < -0.3 is 10.4 Å². The van der Waals surface area contributed by atoms with Gasteiger partial charge in [0.05, 0.1) is 11.0 Å². The molecule has 1 atom stereocenters. The third-order valence-electron chi connectivity index (χ3n) is 2.45. The van der Waals surface area contributed by atoms with Gasteiger partial charge in [-0.1, -0.05) is 25.5 Å². The maximum atomic E-state index is 10.6. The predicted octanol–water partition coefficient (Wildman–Crippen LogP) is 1.85. The van der Waals surface area contributed by atoms with E-state index in [-0.39, 0.29) is 11.8 Å². The molecule has 1 aromatic rings. The van der Waals surface area contributed by atoms with Crippen molar-refractivity contribution in [1.29, 1.82) is 0 Å². The Morgan fingerprint density at radius 1 is 1.53 bits per heavy atom. The Morgan fingerprint density at radius 3 is 2.94 bits per heavy atom. The van der Waals surface area contributed by atoms with E-state index in [0.29, 0.717) is 13.1 Å². The van der Waals surface area contributed by atoms with Crippen LogP contribution in [0.1, 0.15) is 25.3 Å². The second-order valence-electron chi connectivity index (χ2n) is 4.00. The van der Waals surface area contributed by atoms with E-state index in [1.165, 1.54) is 6.07 Å². The Bertz CT molecular complexity index is 369. The highest BCUT2D eigenvalue weighted by molar-refractivity contribution is 5.34. The number of nitrogens with one attached hydrogen (secondary N) is 1. The molecule has 1 aromatic carbocycles. The topological polar surface area (TPSA) is 75.4 Å². The minimum absolute atomic E-state index is 0.0957. The summed E-state index contributed by atoms with van der Waals surface area (Å²) >= 11 is 0. The van der Waals surface area contributed by atoms with Gasteiger partial charge in [-0.3, -0.25) is 10.1 Å². The highest BCUT2D eigenvalue weighted by atomic mass is 16.6. The predicted molar refractivity (Wildman–Crippen MR) is 65.7 cm³/mol. The summed E-state index contributed by atoms with van der Waals surface area (Å²) < 4.78 is 0. The van der Waals surface area contributed by atoms with Gasteiger partial charge in [-0.2, -0.15) is 0 Å². The first kappa shape index (κ1) is 13.6. The lowest BCUT2D eigenvalue weighted by Crippen LogP contribution is -2.26. The first-order chi connectivity index (χ1) is 8.13. The molecule has 5 heteroatoms. The minimum atomic E-state index is -0.407. The number of nitrogens with zero attached hydrogens (tertiary/aromatic N) is 1.